The van der Waals surface area contributed by atoms with E-state index in [0.717, 1.165) is 64.0 Å². The van der Waals surface area contributed by atoms with Crippen molar-refractivity contribution in [1.82, 2.24) is 19.9 Å². The molecule has 0 radical (unpaired) electrons. The summed E-state index contributed by atoms with van der Waals surface area (Å²) >= 11 is 1.98. The van der Waals surface area contributed by atoms with Crippen molar-refractivity contribution in [1.29, 1.82) is 0 Å². The molecule has 0 aromatic carbocycles. The minimum atomic E-state index is 0.560. The number of ether oxygens (including phenoxy) is 2. The number of hydrogen-bond acceptors (Lipinski definition) is 6. The number of morpholine rings is 1. The van der Waals surface area contributed by atoms with Crippen molar-refractivity contribution >= 4 is 22.8 Å². The summed E-state index contributed by atoms with van der Waals surface area (Å²) in [7, 11) is 0. The van der Waals surface area contributed by atoms with Crippen molar-refractivity contribution in [3.05, 3.63) is 18.1 Å². The van der Waals surface area contributed by atoms with Gasteiger partial charge >= 0.3 is 0 Å². The number of rotatable bonds is 4. The Morgan fingerprint density at radius 1 is 0.929 bits per heavy atom. The molecular formula is C21H30N4O2S. The minimum Gasteiger partial charge on any atom is -0.381 e. The van der Waals surface area contributed by atoms with Gasteiger partial charge in [0.25, 0.3) is 0 Å². The average Bonchev–Trinajstić information content (AvgIpc) is 3.21. The van der Waals surface area contributed by atoms with Crippen molar-refractivity contribution in [2.45, 2.75) is 60.8 Å². The molecule has 3 fully saturated rings. The van der Waals surface area contributed by atoms with E-state index >= 15 is 0 Å². The smallest absolute Gasteiger partial charge is 0.142 e. The molecule has 28 heavy (non-hydrogen) atoms. The maximum atomic E-state index is 5.56. The van der Waals surface area contributed by atoms with Crippen LogP contribution in [0.1, 0.15) is 50.0 Å². The van der Waals surface area contributed by atoms with Crippen LogP contribution < -0.4 is 0 Å². The second kappa shape index (κ2) is 8.69. The van der Waals surface area contributed by atoms with Crippen LogP contribution in [0, 0.1) is 0 Å². The number of fused-ring (bicyclic) bond motifs is 1. The molecule has 0 unspecified atom stereocenters. The lowest BCUT2D eigenvalue weighted by Crippen LogP contribution is -2.45. The highest BCUT2D eigenvalue weighted by atomic mass is 32.2. The van der Waals surface area contributed by atoms with E-state index in [9.17, 15) is 0 Å². The molecule has 1 saturated carbocycles. The van der Waals surface area contributed by atoms with Gasteiger partial charge in [-0.05, 0) is 50.0 Å². The zero-order valence-corrected chi connectivity index (χ0v) is 17.3. The normalized spacial score (nSPS) is 28.0. The molecule has 4 heterocycles. The Labute approximate surface area is 170 Å². The predicted octanol–water partition coefficient (Wildman–Crippen LogP) is 3.59. The topological polar surface area (TPSA) is 63.3 Å². The maximum absolute atomic E-state index is 5.56. The van der Waals surface area contributed by atoms with Crippen LogP contribution in [0.2, 0.25) is 0 Å². The monoisotopic (exact) mass is 402 g/mol. The third-order valence-corrected chi connectivity index (χ3v) is 7.95. The van der Waals surface area contributed by atoms with Crippen LogP contribution >= 0.6 is 11.8 Å². The van der Waals surface area contributed by atoms with Crippen molar-refractivity contribution in [2.24, 2.45) is 0 Å². The summed E-state index contributed by atoms with van der Waals surface area (Å²) in [6.07, 6.45) is 11.2. The zero-order chi connectivity index (χ0) is 18.8. The van der Waals surface area contributed by atoms with E-state index in [0.29, 0.717) is 11.2 Å². The van der Waals surface area contributed by atoms with Crippen LogP contribution in [0.25, 0.3) is 11.0 Å². The highest BCUT2D eigenvalue weighted by Gasteiger charge is 2.29. The molecule has 3 aliphatic rings. The number of nitrogens with zero attached hydrogens (tertiary/aromatic N) is 3. The Morgan fingerprint density at radius 3 is 2.46 bits per heavy atom. The van der Waals surface area contributed by atoms with E-state index in [2.05, 4.69) is 21.1 Å². The Morgan fingerprint density at radius 2 is 1.68 bits per heavy atom. The Kier molecular flexibility index (Phi) is 5.85. The third kappa shape index (κ3) is 3.95. The highest BCUT2D eigenvalue weighted by Crippen LogP contribution is 2.40. The average molecular weight is 403 g/mol. The fourth-order valence-corrected chi connectivity index (χ4v) is 6.27. The van der Waals surface area contributed by atoms with E-state index in [1.807, 2.05) is 11.8 Å². The van der Waals surface area contributed by atoms with Gasteiger partial charge in [-0.25, -0.2) is 9.97 Å². The van der Waals surface area contributed by atoms with Gasteiger partial charge in [0, 0.05) is 43.8 Å². The van der Waals surface area contributed by atoms with Gasteiger partial charge in [-0.15, -0.1) is 11.8 Å². The van der Waals surface area contributed by atoms with Gasteiger partial charge in [-0.2, -0.15) is 0 Å². The molecule has 2 saturated heterocycles. The minimum absolute atomic E-state index is 0.560. The first-order valence-corrected chi connectivity index (χ1v) is 11.6. The van der Waals surface area contributed by atoms with Gasteiger partial charge in [0.2, 0.25) is 0 Å². The molecule has 2 aromatic heterocycles. The summed E-state index contributed by atoms with van der Waals surface area (Å²) in [6.45, 7) is 5.73. The molecular weight excluding hydrogens is 372 g/mol. The Bertz CT molecular complexity index is 778. The zero-order valence-electron chi connectivity index (χ0n) is 16.4. The molecule has 7 heteroatoms. The fourth-order valence-electron chi connectivity index (χ4n) is 5.01. The fraction of sp³-hybridized carbons (Fsp3) is 0.714. The first kappa shape index (κ1) is 18.9. The van der Waals surface area contributed by atoms with Crippen molar-refractivity contribution in [3.8, 4) is 0 Å². The number of nitrogens with one attached hydrogen (secondary N) is 1. The molecule has 0 amide bonds. The van der Waals surface area contributed by atoms with Gasteiger partial charge in [0.1, 0.15) is 17.0 Å². The summed E-state index contributed by atoms with van der Waals surface area (Å²) in [5, 5.41) is 3.09. The van der Waals surface area contributed by atoms with Crippen LogP contribution in [0.15, 0.2) is 17.6 Å². The first-order chi connectivity index (χ1) is 13.9. The van der Waals surface area contributed by atoms with E-state index in [4.69, 9.17) is 14.5 Å². The summed E-state index contributed by atoms with van der Waals surface area (Å²) in [5.74, 6) is 0.560. The van der Waals surface area contributed by atoms with Gasteiger partial charge in [-0.1, -0.05) is 0 Å². The lowest BCUT2D eigenvalue weighted by Gasteiger charge is -2.38. The van der Waals surface area contributed by atoms with Crippen LogP contribution in [0.5, 0.6) is 0 Å². The molecule has 5 rings (SSSR count). The lowest BCUT2D eigenvalue weighted by atomic mass is 9.92. The van der Waals surface area contributed by atoms with E-state index in [-0.39, 0.29) is 0 Å². The second-order valence-corrected chi connectivity index (χ2v) is 9.52. The molecule has 0 spiro atoms. The summed E-state index contributed by atoms with van der Waals surface area (Å²) < 4.78 is 11.1. The second-order valence-electron chi connectivity index (χ2n) is 8.23. The van der Waals surface area contributed by atoms with Crippen molar-refractivity contribution < 1.29 is 9.47 Å². The standard InChI is InChI=1S/C21H30N4O2S/c1-3-17(4-2-16(1)25-7-11-27-12-8-25)28-21-19-18(15-5-9-26-10-6-15)13-22-20(19)23-14-24-21/h13-17H,1-12H2,(H,22,23,24). The van der Waals surface area contributed by atoms with Crippen LogP contribution in [0.4, 0.5) is 0 Å². The van der Waals surface area contributed by atoms with Crippen LogP contribution in [0.3, 0.4) is 0 Å². The highest BCUT2D eigenvalue weighted by molar-refractivity contribution is 8.00. The lowest BCUT2D eigenvalue weighted by molar-refractivity contribution is 0.00894. The summed E-state index contributed by atoms with van der Waals surface area (Å²) in [4.78, 5) is 15.2. The molecule has 1 aliphatic carbocycles. The predicted molar refractivity (Wildman–Crippen MR) is 111 cm³/mol. The Balaban J connectivity index is 1.28. The van der Waals surface area contributed by atoms with Gasteiger partial charge in [0.15, 0.2) is 0 Å². The van der Waals surface area contributed by atoms with Crippen LogP contribution in [-0.4, -0.2) is 70.7 Å². The molecule has 6 nitrogen and oxygen atoms in total. The number of hydrogen-bond donors (Lipinski definition) is 1. The quantitative estimate of drug-likeness (QED) is 0.789. The number of aromatic amines is 1. The number of H-pyrrole nitrogens is 1. The SMILES string of the molecule is c1nc(SC2CCC(N3CCOCC3)CC2)c2c(C3CCOCC3)c[nH]c2n1. The van der Waals surface area contributed by atoms with Crippen molar-refractivity contribution in [3.63, 3.8) is 0 Å². The number of thioether (sulfide) groups is 1. The van der Waals surface area contributed by atoms with E-state index in [1.165, 1.54) is 41.7 Å². The first-order valence-electron chi connectivity index (χ1n) is 10.8. The van der Waals surface area contributed by atoms with Crippen LogP contribution in [-0.2, 0) is 9.47 Å². The van der Waals surface area contributed by atoms with Gasteiger partial charge < -0.3 is 14.5 Å². The Hall–Kier alpha value is -1.15. The van der Waals surface area contributed by atoms with Gasteiger partial charge in [-0.3, -0.25) is 4.90 Å². The summed E-state index contributed by atoms with van der Waals surface area (Å²) in [5.41, 5.74) is 2.38. The molecule has 2 aliphatic heterocycles. The third-order valence-electron chi connectivity index (χ3n) is 6.61. The van der Waals surface area contributed by atoms with Crippen molar-refractivity contribution in [2.75, 3.05) is 39.5 Å². The number of aromatic nitrogens is 3. The summed E-state index contributed by atoms with van der Waals surface area (Å²) in [6, 6.07) is 0.747. The molecule has 1 N–H and O–H groups in total. The maximum Gasteiger partial charge on any atom is 0.142 e. The van der Waals surface area contributed by atoms with E-state index in [1.54, 1.807) is 6.33 Å². The molecule has 0 atom stereocenters. The molecule has 0 bridgehead atoms. The molecule has 152 valence electrons. The van der Waals surface area contributed by atoms with Gasteiger partial charge in [0.05, 0.1) is 18.6 Å². The largest absolute Gasteiger partial charge is 0.381 e. The van der Waals surface area contributed by atoms with E-state index < -0.39 is 0 Å². The molecule has 2 aromatic rings.